The van der Waals surface area contributed by atoms with Crippen molar-refractivity contribution in [2.45, 2.75) is 84.7 Å². The zero-order chi connectivity index (χ0) is 20.6. The maximum Gasteiger partial charge on any atom is 0.339 e. The van der Waals surface area contributed by atoms with Crippen molar-refractivity contribution in [1.29, 1.82) is 0 Å². The minimum Gasteiger partial charge on any atom is -0.507 e. The predicted molar refractivity (Wildman–Crippen MR) is 111 cm³/mol. The van der Waals surface area contributed by atoms with Gasteiger partial charge in [-0.2, -0.15) is 0 Å². The third kappa shape index (κ3) is 3.78. The number of hydrogen-bond donors (Lipinski definition) is 2. The van der Waals surface area contributed by atoms with Gasteiger partial charge in [-0.05, 0) is 64.0 Å². The first-order valence-electron chi connectivity index (χ1n) is 10.6. The summed E-state index contributed by atoms with van der Waals surface area (Å²) in [5.41, 5.74) is 2.34. The van der Waals surface area contributed by atoms with Crippen LogP contribution in [0.1, 0.15) is 94.1 Å². The molecule has 0 bridgehead atoms. The van der Waals surface area contributed by atoms with Crippen molar-refractivity contribution < 1.29 is 19.7 Å². The average molecular weight is 387 g/mol. The van der Waals surface area contributed by atoms with Crippen molar-refractivity contribution in [3.05, 3.63) is 34.4 Å². The lowest BCUT2D eigenvalue weighted by Crippen LogP contribution is -2.45. The number of aromatic carboxylic acids is 1. The molecule has 0 saturated carbocycles. The molecular formula is C24H34O4. The molecule has 1 heterocycles. The van der Waals surface area contributed by atoms with Crippen LogP contribution in [0.3, 0.4) is 0 Å². The number of phenols is 1. The first kappa shape index (κ1) is 20.8. The van der Waals surface area contributed by atoms with Gasteiger partial charge in [0.15, 0.2) is 0 Å². The van der Waals surface area contributed by atoms with E-state index >= 15 is 0 Å². The summed E-state index contributed by atoms with van der Waals surface area (Å²) in [6.07, 6.45) is 7.91. The van der Waals surface area contributed by atoms with Crippen molar-refractivity contribution in [2.75, 3.05) is 0 Å². The largest absolute Gasteiger partial charge is 0.507 e. The van der Waals surface area contributed by atoms with Gasteiger partial charge in [-0.25, -0.2) is 4.79 Å². The normalized spacial score (nSPS) is 23.8. The van der Waals surface area contributed by atoms with E-state index in [0.29, 0.717) is 29.2 Å². The molecule has 3 atom stereocenters. The van der Waals surface area contributed by atoms with E-state index in [1.54, 1.807) is 0 Å². The summed E-state index contributed by atoms with van der Waals surface area (Å²) in [4.78, 5) is 12.0. The highest BCUT2D eigenvalue weighted by Crippen LogP contribution is 2.54. The minimum atomic E-state index is -1.06. The Balaban J connectivity index is 2.06. The van der Waals surface area contributed by atoms with Gasteiger partial charge >= 0.3 is 5.97 Å². The molecule has 3 unspecified atom stereocenters. The maximum atomic E-state index is 12.0. The summed E-state index contributed by atoms with van der Waals surface area (Å²) < 4.78 is 6.35. The van der Waals surface area contributed by atoms with Crippen LogP contribution in [-0.4, -0.2) is 21.8 Å². The fourth-order valence-electron chi connectivity index (χ4n) is 4.89. The van der Waals surface area contributed by atoms with Gasteiger partial charge < -0.3 is 14.9 Å². The molecule has 1 aromatic carbocycles. The zero-order valence-corrected chi connectivity index (χ0v) is 17.8. The summed E-state index contributed by atoms with van der Waals surface area (Å²) >= 11 is 0. The van der Waals surface area contributed by atoms with Crippen molar-refractivity contribution in [2.24, 2.45) is 11.8 Å². The molecule has 0 spiro atoms. The fourth-order valence-corrected chi connectivity index (χ4v) is 4.89. The van der Waals surface area contributed by atoms with E-state index in [9.17, 15) is 15.0 Å². The molecule has 1 aliphatic carbocycles. The van der Waals surface area contributed by atoms with Gasteiger partial charge in [-0.1, -0.05) is 38.3 Å². The van der Waals surface area contributed by atoms with Crippen LogP contribution in [0, 0.1) is 11.8 Å². The Labute approximate surface area is 168 Å². The number of fused-ring (bicyclic) bond motifs is 3. The molecule has 4 nitrogen and oxygen atoms in total. The Hall–Kier alpha value is -1.97. The molecule has 2 N–H and O–H groups in total. The molecule has 0 saturated heterocycles. The van der Waals surface area contributed by atoms with Gasteiger partial charge in [0.2, 0.25) is 0 Å². The van der Waals surface area contributed by atoms with Gasteiger partial charge in [0.25, 0.3) is 0 Å². The van der Waals surface area contributed by atoms with Gasteiger partial charge in [0.1, 0.15) is 22.7 Å². The van der Waals surface area contributed by atoms with Crippen molar-refractivity contribution in [1.82, 2.24) is 0 Å². The first-order valence-corrected chi connectivity index (χ1v) is 10.6. The lowest BCUT2D eigenvalue weighted by molar-refractivity contribution is 0.0106. The molecule has 0 radical (unpaired) electrons. The van der Waals surface area contributed by atoms with E-state index in [-0.39, 0.29) is 28.7 Å². The molecule has 0 amide bonds. The first-order chi connectivity index (χ1) is 13.2. The van der Waals surface area contributed by atoms with E-state index in [2.05, 4.69) is 40.7 Å². The molecular weight excluding hydrogens is 352 g/mol. The van der Waals surface area contributed by atoms with Crippen LogP contribution < -0.4 is 4.74 Å². The van der Waals surface area contributed by atoms with Crippen LogP contribution in [0.15, 0.2) is 17.7 Å². The third-order valence-electron chi connectivity index (χ3n) is 6.78. The predicted octanol–water partition coefficient (Wildman–Crippen LogP) is 6.07. The van der Waals surface area contributed by atoms with Crippen LogP contribution >= 0.6 is 0 Å². The zero-order valence-electron chi connectivity index (χ0n) is 17.8. The summed E-state index contributed by atoms with van der Waals surface area (Å²) in [7, 11) is 0. The van der Waals surface area contributed by atoms with Crippen molar-refractivity contribution in [3.63, 3.8) is 0 Å². The molecule has 4 heteroatoms. The number of allylic oxidation sites excluding steroid dienone is 2. The summed E-state index contributed by atoms with van der Waals surface area (Å²) in [5.74, 6) is 0.341. The number of carboxylic acid groups (broad SMARTS) is 1. The maximum absolute atomic E-state index is 12.0. The number of hydrogen-bond acceptors (Lipinski definition) is 3. The highest BCUT2D eigenvalue weighted by Gasteiger charge is 2.46. The monoisotopic (exact) mass is 386 g/mol. The Morgan fingerprint density at radius 3 is 2.75 bits per heavy atom. The van der Waals surface area contributed by atoms with E-state index in [1.807, 2.05) is 6.07 Å². The van der Waals surface area contributed by atoms with E-state index in [1.165, 1.54) is 5.57 Å². The molecule has 1 aliphatic heterocycles. The second-order valence-corrected chi connectivity index (χ2v) is 9.27. The molecule has 0 fully saturated rings. The number of benzene rings is 1. The van der Waals surface area contributed by atoms with Crippen LogP contribution in [0.25, 0.3) is 0 Å². The molecule has 1 aromatic rings. The second kappa shape index (κ2) is 7.81. The van der Waals surface area contributed by atoms with Crippen LogP contribution in [0.5, 0.6) is 11.5 Å². The van der Waals surface area contributed by atoms with Gasteiger partial charge in [0, 0.05) is 17.4 Å². The Kier molecular flexibility index (Phi) is 5.79. The van der Waals surface area contributed by atoms with E-state index < -0.39 is 5.97 Å². The molecule has 154 valence electrons. The highest BCUT2D eigenvalue weighted by molar-refractivity contribution is 5.94. The number of carbonyl (C=O) groups is 1. The quantitative estimate of drug-likeness (QED) is 0.582. The fraction of sp³-hybridized carbons (Fsp3) is 0.625. The molecule has 0 aromatic heterocycles. The molecule has 2 aliphatic rings. The summed E-state index contributed by atoms with van der Waals surface area (Å²) in [6.45, 7) is 10.7. The summed E-state index contributed by atoms with van der Waals surface area (Å²) in [5, 5.41) is 20.9. The number of carboxylic acids is 1. The van der Waals surface area contributed by atoms with E-state index in [0.717, 1.165) is 32.1 Å². The van der Waals surface area contributed by atoms with Crippen molar-refractivity contribution >= 4 is 5.97 Å². The number of ether oxygens (including phenoxy) is 1. The molecule has 28 heavy (non-hydrogen) atoms. The third-order valence-corrected chi connectivity index (χ3v) is 6.78. The summed E-state index contributed by atoms with van der Waals surface area (Å²) in [6, 6.07) is 1.88. The van der Waals surface area contributed by atoms with Crippen LogP contribution in [0.2, 0.25) is 0 Å². The Morgan fingerprint density at radius 2 is 2.11 bits per heavy atom. The lowest BCUT2D eigenvalue weighted by atomic mass is 9.67. The topological polar surface area (TPSA) is 66.8 Å². The number of aromatic hydroxyl groups is 1. The van der Waals surface area contributed by atoms with Crippen LogP contribution in [0.4, 0.5) is 0 Å². The van der Waals surface area contributed by atoms with Crippen LogP contribution in [-0.2, 0) is 6.42 Å². The lowest BCUT2D eigenvalue weighted by Gasteiger charge is -2.46. The standard InChI is InChI=1S/C24H34O4/c1-6-14(2)8-7-9-16-13-19-21(22(25)20(16)23(26)27)17-12-15(3)10-11-18(17)24(4,5)28-19/h12-14,17-18,25H,6-11H2,1-5H3,(H,26,27). The smallest absolute Gasteiger partial charge is 0.339 e. The van der Waals surface area contributed by atoms with Gasteiger partial charge in [-0.3, -0.25) is 0 Å². The number of rotatable bonds is 6. The minimum absolute atomic E-state index is 0.000219. The SMILES string of the molecule is CCC(C)CCCc1cc2c(c(O)c1C(=O)O)C1C=C(C)CCC1C(C)(C)O2. The molecule has 3 rings (SSSR count). The van der Waals surface area contributed by atoms with E-state index in [4.69, 9.17) is 4.74 Å². The van der Waals surface area contributed by atoms with Crippen molar-refractivity contribution in [3.8, 4) is 11.5 Å². The average Bonchev–Trinajstić information content (AvgIpc) is 2.59. The van der Waals surface area contributed by atoms with Gasteiger partial charge in [-0.15, -0.1) is 0 Å². The van der Waals surface area contributed by atoms with Gasteiger partial charge in [0.05, 0.1) is 0 Å². The Bertz CT molecular complexity index is 790. The second-order valence-electron chi connectivity index (χ2n) is 9.27. The number of aryl methyl sites for hydroxylation is 1. The highest BCUT2D eigenvalue weighted by atomic mass is 16.5. The Morgan fingerprint density at radius 1 is 1.39 bits per heavy atom.